The van der Waals surface area contributed by atoms with Crippen molar-refractivity contribution in [2.24, 2.45) is 17.8 Å². The van der Waals surface area contributed by atoms with Crippen molar-refractivity contribution in [1.29, 1.82) is 0 Å². The molecule has 0 aliphatic carbocycles. The zero-order valence-electron chi connectivity index (χ0n) is 78.3. The van der Waals surface area contributed by atoms with E-state index in [1.165, 1.54) is 84.9 Å². The number of hydrogen-bond acceptors (Lipinski definition) is 25. The number of carbonyl (C=O) groups excluding carboxylic acids is 5. The molecular weight excluding hydrogens is 1780 g/mol. The molecule has 3 heterocycles. The van der Waals surface area contributed by atoms with Crippen molar-refractivity contribution in [2.75, 3.05) is 102 Å². The number of likely N-dealkylation sites (tertiary alicyclic amines) is 3. The molecule has 3 fully saturated rings. The third kappa shape index (κ3) is 32.5. The van der Waals surface area contributed by atoms with Crippen LogP contribution in [0.25, 0.3) is 0 Å². The quantitative estimate of drug-likeness (QED) is 0.0159. The summed E-state index contributed by atoms with van der Waals surface area (Å²) in [6, 6.07) is 61.1. The number of carbonyl (C=O) groups is 8. The number of nitrogens with zero attached hydrogens (tertiary/aromatic N) is 3. The van der Waals surface area contributed by atoms with Gasteiger partial charge in [-0.2, -0.15) is 0 Å². The number of para-hydroxylation sites is 3. The van der Waals surface area contributed by atoms with Gasteiger partial charge in [0, 0.05) is 36.3 Å². The summed E-state index contributed by atoms with van der Waals surface area (Å²) >= 11 is 0. The Hall–Kier alpha value is -13.7. The highest BCUT2D eigenvalue weighted by molar-refractivity contribution is 5.97. The second kappa shape index (κ2) is 54.9. The number of aliphatic hydroxyl groups excluding tert-OH is 3. The van der Waals surface area contributed by atoms with Crippen LogP contribution in [0.3, 0.4) is 0 Å². The zero-order chi connectivity index (χ0) is 99.4. The molecule has 0 radical (unpaired) electrons. The summed E-state index contributed by atoms with van der Waals surface area (Å²) in [7, 11) is 9.62. The van der Waals surface area contributed by atoms with E-state index >= 15 is 0 Å². The van der Waals surface area contributed by atoms with Crippen LogP contribution in [0.2, 0.25) is 0 Å². The second-order valence-corrected chi connectivity index (χ2v) is 33.4. The van der Waals surface area contributed by atoms with Crippen LogP contribution in [0.4, 0.5) is 13.2 Å². The third-order valence-corrected chi connectivity index (χ3v) is 24.0. The van der Waals surface area contributed by atoms with Crippen LogP contribution in [0.5, 0.6) is 34.5 Å². The standard InChI is InChI=1S/3C22H28FNO3.2C20H18O8.CH4/c3*1-26-20-5-3-4-19(22(20)27-2)21(25)17-11-14-24(15-12-17)13-10-16-6-8-18(23)9-7-16;2*1-11-3-7-13(8-4-11)19(25)27-15(17(21)22)16(18(23)24)28-20(26)14-9-5-12(2)6-10-14;/h3*3-9,17,21,25H,10-15H2,1-2H3;2*3-10,15-16H,1-2H3,(H,21,22)(H,23,24);1H4/p-1/t3*21-;2*15-,16-;/m11000./s1. The fourth-order valence-corrected chi connectivity index (χ4v) is 15.9. The van der Waals surface area contributed by atoms with E-state index in [1.807, 2.05) is 91.0 Å². The fraction of sp³-hybridized carbons (Fsp3) is 0.364. The Morgan fingerprint density at radius 1 is 0.319 bits per heavy atom. The highest BCUT2D eigenvalue weighted by atomic mass is 19.1. The lowest BCUT2D eigenvalue weighted by atomic mass is 9.87. The minimum atomic E-state index is -2.33. The number of halogens is 3. The second-order valence-electron chi connectivity index (χ2n) is 33.4. The predicted octanol–water partition coefficient (Wildman–Crippen LogP) is 15.2. The van der Waals surface area contributed by atoms with Crippen molar-refractivity contribution in [3.05, 3.63) is 320 Å². The first kappa shape index (κ1) is 110. The van der Waals surface area contributed by atoms with Gasteiger partial charge in [-0.3, -0.25) is 0 Å². The molecule has 0 unspecified atom stereocenters. The first-order valence-electron chi connectivity index (χ1n) is 44.8. The fourth-order valence-electron chi connectivity index (χ4n) is 15.9. The molecule has 0 bridgehead atoms. The molecular formula is C107H123F3N3O25-. The van der Waals surface area contributed by atoms with Gasteiger partial charge in [0.2, 0.25) is 18.3 Å². The van der Waals surface area contributed by atoms with Gasteiger partial charge in [0.25, 0.3) is 0 Å². The van der Waals surface area contributed by atoms with Crippen LogP contribution in [-0.2, 0) is 57.4 Å². The lowest BCUT2D eigenvalue weighted by Gasteiger charge is -2.34. The van der Waals surface area contributed by atoms with E-state index in [2.05, 4.69) is 14.7 Å². The Morgan fingerprint density at radius 2 is 0.529 bits per heavy atom. The lowest BCUT2D eigenvalue weighted by Crippen LogP contribution is -2.51. The van der Waals surface area contributed by atoms with Gasteiger partial charge in [-0.25, -0.2) is 46.7 Å². The molecule has 31 heteroatoms. The maximum absolute atomic E-state index is 13.0. The number of piperidine rings is 3. The van der Waals surface area contributed by atoms with Gasteiger partial charge in [0.05, 0.1) is 89.2 Å². The summed E-state index contributed by atoms with van der Waals surface area (Å²) in [5.74, 6) is -7.79. The van der Waals surface area contributed by atoms with Gasteiger partial charge in [0.1, 0.15) is 17.5 Å². The highest BCUT2D eigenvalue weighted by Gasteiger charge is 2.42. The Morgan fingerprint density at radius 3 is 0.725 bits per heavy atom. The number of ether oxygens (including phenoxy) is 10. The number of aliphatic carboxylic acids is 4. The van der Waals surface area contributed by atoms with E-state index in [0.29, 0.717) is 34.5 Å². The molecule has 10 aromatic rings. The van der Waals surface area contributed by atoms with E-state index in [1.54, 1.807) is 119 Å². The number of methoxy groups -OCH3 is 6. The number of rotatable bonds is 35. The zero-order valence-corrected chi connectivity index (χ0v) is 78.3. The molecule has 3 aliphatic heterocycles. The molecule has 6 N–H and O–H groups in total. The smallest absolute Gasteiger partial charge is 0.349 e. The van der Waals surface area contributed by atoms with Crippen molar-refractivity contribution in [1.82, 2.24) is 14.7 Å². The maximum atomic E-state index is 13.0. The van der Waals surface area contributed by atoms with Crippen molar-refractivity contribution >= 4 is 47.8 Å². The Labute approximate surface area is 802 Å². The highest BCUT2D eigenvalue weighted by Crippen LogP contribution is 2.44. The Bertz CT molecular complexity index is 4930. The van der Waals surface area contributed by atoms with Gasteiger partial charge < -0.3 is 103 Å². The number of benzene rings is 10. The summed E-state index contributed by atoms with van der Waals surface area (Å²) in [6.45, 7) is 15.7. The average Bonchev–Trinajstić information content (AvgIpc) is 0.821. The molecule has 738 valence electrons. The van der Waals surface area contributed by atoms with E-state index in [4.69, 9.17) is 47.4 Å². The first-order valence-corrected chi connectivity index (χ1v) is 44.8. The monoisotopic (exact) mass is 1910 g/mol. The number of carboxylic acids is 4. The number of aliphatic hydroxyl groups is 3. The molecule has 0 amide bonds. The van der Waals surface area contributed by atoms with Crippen molar-refractivity contribution < 1.29 is 135 Å². The Kier molecular flexibility index (Phi) is 43.6. The topological polar surface area (TPSA) is 383 Å². The number of esters is 4. The molecule has 0 saturated carbocycles. The third-order valence-electron chi connectivity index (χ3n) is 24.0. The molecule has 3 aliphatic rings. The van der Waals surface area contributed by atoms with Crippen LogP contribution in [0.1, 0.15) is 161 Å². The van der Waals surface area contributed by atoms with Crippen molar-refractivity contribution in [3.63, 3.8) is 0 Å². The van der Waals surface area contributed by atoms with E-state index < -0.39 is 90.5 Å². The molecule has 3 saturated heterocycles. The summed E-state index contributed by atoms with van der Waals surface area (Å²) < 4.78 is 90.6. The predicted molar refractivity (Wildman–Crippen MR) is 507 cm³/mol. The molecule has 28 nitrogen and oxygen atoms in total. The Balaban J connectivity index is 0.000000211. The van der Waals surface area contributed by atoms with E-state index in [9.17, 15) is 87.3 Å². The maximum Gasteiger partial charge on any atom is 0.349 e. The van der Waals surface area contributed by atoms with Gasteiger partial charge in [0.15, 0.2) is 40.6 Å². The molecule has 0 spiro atoms. The van der Waals surface area contributed by atoms with E-state index in [0.717, 1.165) is 172 Å². The van der Waals surface area contributed by atoms with Gasteiger partial charge in [-0.15, -0.1) is 0 Å². The molecule has 7 atom stereocenters. The van der Waals surface area contributed by atoms with E-state index in [-0.39, 0.29) is 64.9 Å². The van der Waals surface area contributed by atoms with Gasteiger partial charge in [-0.1, -0.05) is 151 Å². The SMILES string of the molecule is C.COc1cccc([C@@H](O)C2CCN(CCc3ccc(F)cc3)CC2)c1OC.COc1cccc([C@H](O)C2CCN(CCc3ccc(F)cc3)CC2)c1OC.COc1cccc([C@H](O)C2CCN(CCc3ccc(F)cc3)CC2)c1OC.Cc1ccc(C(=O)O[C@H](C(=O)O)[C@H](OC(=O)c2ccc(C)cc2)C(=O)O)cc1.Cc1ccc(C(=O)O[C@H](C(=O)[O-])[C@H](OC(=O)c2ccc(C)cc2)C(=O)O)cc1. The van der Waals surface area contributed by atoms with Crippen LogP contribution in [-0.4, -0.2) is 219 Å². The van der Waals surface area contributed by atoms with Crippen molar-refractivity contribution in [3.8, 4) is 34.5 Å². The van der Waals surface area contributed by atoms with Crippen LogP contribution >= 0.6 is 0 Å². The summed E-state index contributed by atoms with van der Waals surface area (Å²) in [5.41, 5.74) is 9.35. The lowest BCUT2D eigenvalue weighted by molar-refractivity contribution is -0.317. The first-order chi connectivity index (χ1) is 65.7. The molecule has 10 aromatic carbocycles. The molecule has 0 aromatic heterocycles. The molecule has 13 rings (SSSR count). The summed E-state index contributed by atoms with van der Waals surface area (Å²) in [4.78, 5) is 102. The number of carboxylic acid groups (broad SMARTS) is 4. The normalized spacial score (nSPS) is 15.0. The minimum absolute atomic E-state index is 0. The largest absolute Gasteiger partial charge is 0.546 e. The number of aryl methyl sites for hydroxylation is 4. The van der Waals surface area contributed by atoms with Crippen molar-refractivity contribution in [2.45, 2.75) is 136 Å². The average molecular weight is 1910 g/mol. The molecule has 138 heavy (non-hydrogen) atoms. The summed E-state index contributed by atoms with van der Waals surface area (Å²) in [6.07, 6.45) is -2.39. The van der Waals surface area contributed by atoms with Gasteiger partial charge in [-0.05, 0) is 262 Å². The van der Waals surface area contributed by atoms with Crippen LogP contribution in [0, 0.1) is 62.9 Å². The number of hydrogen-bond donors (Lipinski definition) is 6. The van der Waals surface area contributed by atoms with Gasteiger partial charge >= 0.3 is 41.8 Å². The van der Waals surface area contributed by atoms with Crippen LogP contribution in [0.15, 0.2) is 224 Å². The summed E-state index contributed by atoms with van der Waals surface area (Å²) in [5, 5.41) is 72.0. The minimum Gasteiger partial charge on any atom is -0.546 e. The van der Waals surface area contributed by atoms with Crippen LogP contribution < -0.4 is 33.5 Å².